The highest BCUT2D eigenvalue weighted by atomic mass is 16.5. The summed E-state index contributed by atoms with van der Waals surface area (Å²) in [5.41, 5.74) is 0.606. The Kier molecular flexibility index (Phi) is 6.32. The fourth-order valence-corrected chi connectivity index (χ4v) is 3.71. The van der Waals surface area contributed by atoms with Gasteiger partial charge in [-0.3, -0.25) is 9.59 Å². The second-order valence-electron chi connectivity index (χ2n) is 7.70. The maximum absolute atomic E-state index is 13.2. The van der Waals surface area contributed by atoms with Crippen LogP contribution in [0.5, 0.6) is 11.5 Å². The molecule has 0 atom stereocenters. The summed E-state index contributed by atoms with van der Waals surface area (Å²) >= 11 is 0. The van der Waals surface area contributed by atoms with Crippen LogP contribution in [0.4, 0.5) is 17.2 Å². The molecule has 5 aromatic rings. The van der Waals surface area contributed by atoms with E-state index in [4.69, 9.17) is 4.74 Å². The number of phenols is 1. The number of phenolic OH excluding ortho intramolecular Hbond substituents is 1. The molecular weight excluding hydrogens is 474 g/mol. The van der Waals surface area contributed by atoms with Crippen molar-refractivity contribution in [1.82, 2.24) is 19.7 Å². The number of aromatic nitrogens is 4. The second kappa shape index (κ2) is 10.0. The minimum atomic E-state index is -0.569. The first-order chi connectivity index (χ1) is 18.1. The highest BCUT2D eigenvalue weighted by Gasteiger charge is 2.20. The van der Waals surface area contributed by atoms with Gasteiger partial charge in [-0.05, 0) is 29.7 Å². The highest BCUT2D eigenvalue weighted by Crippen LogP contribution is 2.40. The van der Waals surface area contributed by atoms with E-state index in [-0.39, 0.29) is 34.3 Å². The molecule has 1 amide bonds. The van der Waals surface area contributed by atoms with Gasteiger partial charge in [0.1, 0.15) is 11.4 Å². The van der Waals surface area contributed by atoms with Gasteiger partial charge in [-0.25, -0.2) is 9.97 Å². The first-order valence-electron chi connectivity index (χ1n) is 11.0. The summed E-state index contributed by atoms with van der Waals surface area (Å²) in [6, 6.07) is 17.2. The Hall–Kier alpha value is -5.45. The van der Waals surface area contributed by atoms with Crippen molar-refractivity contribution in [3.05, 3.63) is 90.4 Å². The third kappa shape index (κ3) is 4.48. The Balaban J connectivity index is 1.60. The van der Waals surface area contributed by atoms with Crippen molar-refractivity contribution in [3.8, 4) is 17.4 Å². The number of nitrogens with zero attached hydrogens (tertiary/aromatic N) is 6. The summed E-state index contributed by atoms with van der Waals surface area (Å²) in [6.45, 7) is 0. The van der Waals surface area contributed by atoms with E-state index in [1.165, 1.54) is 30.4 Å². The Morgan fingerprint density at radius 1 is 1.05 bits per heavy atom. The zero-order valence-electron chi connectivity index (χ0n) is 19.4. The molecule has 2 N–H and O–H groups in total. The van der Waals surface area contributed by atoms with Gasteiger partial charge in [0.25, 0.3) is 11.9 Å². The molecule has 182 valence electrons. The van der Waals surface area contributed by atoms with E-state index in [0.717, 1.165) is 0 Å². The summed E-state index contributed by atoms with van der Waals surface area (Å²) in [6.07, 6.45) is 4.94. The predicted octanol–water partition coefficient (Wildman–Crippen LogP) is 5.01. The van der Waals surface area contributed by atoms with Gasteiger partial charge in [-0.2, -0.15) is 9.78 Å². The quantitative estimate of drug-likeness (QED) is 0.239. The summed E-state index contributed by atoms with van der Waals surface area (Å²) < 4.78 is 6.55. The molecule has 0 radical (unpaired) electrons. The lowest BCUT2D eigenvalue weighted by Gasteiger charge is -2.13. The van der Waals surface area contributed by atoms with Gasteiger partial charge >= 0.3 is 0 Å². The zero-order valence-corrected chi connectivity index (χ0v) is 19.4. The number of rotatable bonds is 7. The molecule has 3 aromatic carbocycles. The van der Waals surface area contributed by atoms with Crippen molar-refractivity contribution < 1.29 is 19.4 Å². The fourth-order valence-electron chi connectivity index (χ4n) is 3.71. The average molecular weight is 493 g/mol. The number of aromatic hydroxyl groups is 1. The maximum Gasteiger partial charge on any atom is 0.259 e. The van der Waals surface area contributed by atoms with E-state index in [0.29, 0.717) is 28.5 Å². The van der Waals surface area contributed by atoms with Gasteiger partial charge in [0.05, 0.1) is 30.1 Å². The molecule has 5 rings (SSSR count). The number of carbonyl (C=O) groups excluding carboxylic acids is 2. The van der Waals surface area contributed by atoms with Crippen LogP contribution in [0.2, 0.25) is 0 Å². The highest BCUT2D eigenvalue weighted by molar-refractivity contribution is 6.12. The van der Waals surface area contributed by atoms with Crippen LogP contribution in [0.15, 0.2) is 89.5 Å². The number of hydrogen-bond acceptors (Lipinski definition) is 9. The number of para-hydroxylation sites is 2. The van der Waals surface area contributed by atoms with E-state index in [1.54, 1.807) is 60.7 Å². The number of benzene rings is 3. The van der Waals surface area contributed by atoms with E-state index in [1.807, 2.05) is 0 Å². The molecule has 37 heavy (non-hydrogen) atoms. The molecule has 0 spiro atoms. The number of nitrogens with one attached hydrogen (secondary N) is 1. The number of ether oxygens (including phenoxy) is 1. The monoisotopic (exact) mass is 493 g/mol. The topological polar surface area (TPSA) is 144 Å². The number of hydrogen-bond donors (Lipinski definition) is 2. The van der Waals surface area contributed by atoms with Crippen molar-refractivity contribution in [2.45, 2.75) is 0 Å². The lowest BCUT2D eigenvalue weighted by molar-refractivity contribution is 0.102. The fraction of sp³-hybridized carbons (Fsp3) is 0.0385. The van der Waals surface area contributed by atoms with E-state index in [2.05, 4.69) is 30.6 Å². The molecule has 0 aliphatic heterocycles. The minimum absolute atomic E-state index is 0.0194. The Labute approximate surface area is 210 Å². The molecule has 11 nitrogen and oxygen atoms in total. The molecule has 0 unspecified atom stereocenters. The van der Waals surface area contributed by atoms with Crippen LogP contribution in [-0.4, -0.2) is 44.2 Å². The maximum atomic E-state index is 13.2. The van der Waals surface area contributed by atoms with E-state index in [9.17, 15) is 14.7 Å². The van der Waals surface area contributed by atoms with Crippen molar-refractivity contribution in [2.75, 3.05) is 12.4 Å². The van der Waals surface area contributed by atoms with Gasteiger partial charge in [-0.1, -0.05) is 36.4 Å². The van der Waals surface area contributed by atoms with Gasteiger partial charge in [-0.15, -0.1) is 10.2 Å². The van der Waals surface area contributed by atoms with Crippen molar-refractivity contribution in [1.29, 1.82) is 0 Å². The number of amides is 1. The molecule has 0 bridgehead atoms. The number of fused-ring (bicyclic) bond motifs is 1. The zero-order chi connectivity index (χ0) is 25.8. The summed E-state index contributed by atoms with van der Waals surface area (Å²) in [4.78, 5) is 33.1. The first-order valence-corrected chi connectivity index (χ1v) is 11.0. The van der Waals surface area contributed by atoms with Crippen molar-refractivity contribution in [2.24, 2.45) is 10.2 Å². The lowest BCUT2D eigenvalue weighted by Crippen LogP contribution is -2.13. The lowest BCUT2D eigenvalue weighted by atomic mass is 10.0. The van der Waals surface area contributed by atoms with Gasteiger partial charge in [0.15, 0.2) is 17.9 Å². The molecule has 0 aliphatic carbocycles. The number of carbonyl (C=O) groups is 2. The van der Waals surface area contributed by atoms with Crippen LogP contribution in [0.3, 0.4) is 0 Å². The summed E-state index contributed by atoms with van der Waals surface area (Å²) in [7, 11) is 1.50. The Bertz CT molecular complexity index is 1650. The van der Waals surface area contributed by atoms with Crippen LogP contribution in [-0.2, 0) is 0 Å². The Morgan fingerprint density at radius 2 is 1.81 bits per heavy atom. The molecule has 2 aromatic heterocycles. The molecule has 0 fully saturated rings. The summed E-state index contributed by atoms with van der Waals surface area (Å²) in [5, 5.41) is 27.7. The standard InChI is InChI=1S/C26H19N7O4/c1-37-21-10-5-4-9-20(21)30-25(36)19-13-16-7-2-3-8-18(16)22(23(19)35)31-32-24-17(15-34)14-29-33(24)26-27-11-6-12-28-26/h2-15,35H,1H3,(H,30,36). The van der Waals surface area contributed by atoms with E-state index < -0.39 is 5.91 Å². The second-order valence-corrected chi connectivity index (χ2v) is 7.70. The van der Waals surface area contributed by atoms with Crippen molar-refractivity contribution >= 4 is 40.2 Å². The first kappa shape index (κ1) is 23.3. The average Bonchev–Trinajstić information content (AvgIpc) is 3.36. The number of azo groups is 1. The molecule has 0 aliphatic rings. The normalized spacial score (nSPS) is 11.1. The van der Waals surface area contributed by atoms with E-state index >= 15 is 0 Å². The summed E-state index contributed by atoms with van der Waals surface area (Å²) in [5.74, 6) is -0.240. The van der Waals surface area contributed by atoms with Crippen LogP contribution < -0.4 is 10.1 Å². The number of methoxy groups -OCH3 is 1. The van der Waals surface area contributed by atoms with Gasteiger partial charge < -0.3 is 15.2 Å². The van der Waals surface area contributed by atoms with Crippen LogP contribution in [0.25, 0.3) is 16.7 Å². The van der Waals surface area contributed by atoms with Gasteiger partial charge in [0.2, 0.25) is 0 Å². The third-order valence-corrected chi connectivity index (χ3v) is 5.48. The molecule has 11 heteroatoms. The van der Waals surface area contributed by atoms with Crippen molar-refractivity contribution in [3.63, 3.8) is 0 Å². The van der Waals surface area contributed by atoms with Gasteiger partial charge in [0, 0.05) is 17.8 Å². The SMILES string of the molecule is COc1ccccc1NC(=O)c1cc2ccccc2c(N=Nc2c(C=O)cnn2-c2ncccn2)c1O. The molecule has 0 saturated carbocycles. The minimum Gasteiger partial charge on any atom is -0.505 e. The van der Waals surface area contributed by atoms with Crippen LogP contribution in [0, 0.1) is 0 Å². The smallest absolute Gasteiger partial charge is 0.259 e. The Morgan fingerprint density at radius 3 is 2.59 bits per heavy atom. The largest absolute Gasteiger partial charge is 0.505 e. The number of aldehydes is 1. The number of anilines is 1. The predicted molar refractivity (Wildman–Crippen MR) is 135 cm³/mol. The third-order valence-electron chi connectivity index (χ3n) is 5.48. The van der Waals surface area contributed by atoms with Crippen LogP contribution in [0.1, 0.15) is 20.7 Å². The molecular formula is C26H19N7O4. The van der Waals surface area contributed by atoms with Crippen LogP contribution >= 0.6 is 0 Å². The molecule has 0 saturated heterocycles. The molecule has 2 heterocycles.